The van der Waals surface area contributed by atoms with Crippen molar-refractivity contribution in [1.29, 1.82) is 0 Å². The first-order valence-corrected chi connectivity index (χ1v) is 1.85. The first kappa shape index (κ1) is 10.1. The number of rotatable bonds is 0. The third kappa shape index (κ3) is 75.3. The zero-order valence-corrected chi connectivity index (χ0v) is 4.58. The summed E-state index contributed by atoms with van der Waals surface area (Å²) in [6, 6.07) is 0. The Labute approximate surface area is 60.9 Å². The van der Waals surface area contributed by atoms with E-state index in [9.17, 15) is 0 Å². The van der Waals surface area contributed by atoms with Crippen molar-refractivity contribution < 1.29 is 4.00 Å². The van der Waals surface area contributed by atoms with E-state index in [4.69, 9.17) is 11.8 Å². The van der Waals surface area contributed by atoms with Crippen LogP contribution in [0.25, 0.3) is 0 Å². The fraction of sp³-hybridized carbons (Fsp3) is 1.00. The van der Waals surface area contributed by atoms with Crippen LogP contribution in [-0.2, 0) is 0 Å². The molecule has 0 atom stereocenters. The Morgan fingerprint density at radius 3 is 1.17 bits per heavy atom. The van der Waals surface area contributed by atoms with Gasteiger partial charge in [0.1, 0.15) is 0 Å². The van der Waals surface area contributed by atoms with Crippen molar-refractivity contribution in [2.45, 2.75) is 0 Å². The Bertz CT molecular complexity index is 26.3. The number of halogens is 1. The summed E-state index contributed by atoms with van der Waals surface area (Å²) in [5.74, 6) is 0. The zero-order chi connectivity index (χ0) is 4.50. The van der Waals surface area contributed by atoms with Crippen LogP contribution < -0.4 is 0 Å². The van der Waals surface area contributed by atoms with E-state index in [0.717, 1.165) is 0 Å². The molecule has 0 fully saturated rings. The van der Waals surface area contributed by atoms with E-state index in [-0.39, 0.29) is 23.9 Å². The van der Waals surface area contributed by atoms with Crippen LogP contribution in [0.5, 0.6) is 0 Å². The van der Waals surface area contributed by atoms with Crippen LogP contribution in [0.2, 0.25) is 0 Å². The van der Waals surface area contributed by atoms with Crippen molar-refractivity contribution in [3.8, 4) is 0 Å². The fourth-order valence-corrected chi connectivity index (χ4v) is 0. The Balaban J connectivity index is 0. The normalized spacial score (nSPS) is 10.0. The van der Waals surface area contributed by atoms with Crippen LogP contribution in [0.4, 0.5) is 0 Å². The van der Waals surface area contributed by atoms with Crippen LogP contribution >= 0.6 is 11.8 Å². The molecule has 0 N–H and O–H groups in total. The van der Waals surface area contributed by atoms with Crippen molar-refractivity contribution in [2.24, 2.45) is 0 Å². The van der Waals surface area contributed by atoms with E-state index in [1.165, 1.54) is 0 Å². The summed E-state index contributed by atoms with van der Waals surface area (Å²) in [6.45, 7) is 0. The Morgan fingerprint density at radius 1 is 1.17 bits per heavy atom. The summed E-state index contributed by atoms with van der Waals surface area (Å²) in [7, 11) is 5.67. The Morgan fingerprint density at radius 2 is 1.17 bits per heavy atom. The van der Waals surface area contributed by atoms with Crippen LogP contribution in [-0.4, -0.2) is 49.1 Å². The average Bonchev–Trinajstić information content (AvgIpc) is 0.722. The zero-order valence-electron chi connectivity index (χ0n) is 3.83. The van der Waals surface area contributed by atoms with E-state index in [1.54, 1.807) is 0 Å². The summed E-state index contributed by atoms with van der Waals surface area (Å²) in [6.07, 6.45) is 0. The van der Waals surface area contributed by atoms with Gasteiger partial charge in [-0.3, -0.25) is 0 Å². The van der Waals surface area contributed by atoms with Crippen molar-refractivity contribution in [3.05, 3.63) is 0 Å². The van der Waals surface area contributed by atoms with Gasteiger partial charge in [0, 0.05) is 0 Å². The van der Waals surface area contributed by atoms with Crippen LogP contribution in [0.3, 0.4) is 0 Å². The second kappa shape index (κ2) is 3.10. The van der Waals surface area contributed by atoms with Gasteiger partial charge in [-0.1, -0.05) is 0 Å². The second-order valence-corrected chi connectivity index (χ2v) is 2.86. The van der Waals surface area contributed by atoms with E-state index < -0.39 is 0 Å². The van der Waals surface area contributed by atoms with E-state index in [2.05, 4.69) is 0 Å². The monoisotopic (exact) mass is 218 g/mol. The number of nitrogens with zero attached hydrogens (tertiary/aromatic N) is 1. The molecule has 0 amide bonds. The van der Waals surface area contributed by atoms with Gasteiger partial charge in [-0.25, -0.2) is 4.00 Å². The minimum absolute atomic E-state index is 0. The number of hydrogen-bond acceptors (Lipinski definition) is 0. The maximum atomic E-state index is 5.47. The summed E-state index contributed by atoms with van der Waals surface area (Å²) in [5.41, 5.74) is 0. The third-order valence-electron chi connectivity index (χ3n) is 0. The quantitative estimate of drug-likeness (QED) is 0.375. The van der Waals surface area contributed by atoms with Crippen LogP contribution in [0, 0.1) is 0 Å². The van der Waals surface area contributed by atoms with Gasteiger partial charge < -0.3 is 0 Å². The minimum atomic E-state index is 0. The van der Waals surface area contributed by atoms with Gasteiger partial charge >= 0.3 is 23.9 Å². The molecule has 0 rings (SSSR count). The summed E-state index contributed by atoms with van der Waals surface area (Å²) >= 11 is 5.47. The SMILES string of the molecule is C[N+](C)(C)Cl.[SnH4]. The van der Waals surface area contributed by atoms with Gasteiger partial charge in [-0.2, -0.15) is 0 Å². The molecule has 0 saturated carbocycles. The molecule has 0 aliphatic carbocycles. The van der Waals surface area contributed by atoms with Crippen molar-refractivity contribution in [3.63, 3.8) is 0 Å². The van der Waals surface area contributed by atoms with E-state index in [1.807, 2.05) is 21.1 Å². The molecule has 0 bridgehead atoms. The molecule has 0 spiro atoms. The Kier molecular flexibility index (Phi) is 5.23. The van der Waals surface area contributed by atoms with Gasteiger partial charge in [-0.15, -0.1) is 0 Å². The number of hydrogen-bond donors (Lipinski definition) is 0. The Hall–Kier alpha value is 1.05. The molecule has 0 aromatic heterocycles. The number of quaternary nitrogens is 1. The summed E-state index contributed by atoms with van der Waals surface area (Å²) in [5, 5.41) is 0. The third-order valence-corrected chi connectivity index (χ3v) is 0. The van der Waals surface area contributed by atoms with Gasteiger partial charge in [0.25, 0.3) is 0 Å². The van der Waals surface area contributed by atoms with Crippen molar-refractivity contribution in [2.75, 3.05) is 21.1 Å². The molecule has 0 aromatic carbocycles. The molecule has 0 radical (unpaired) electrons. The molecule has 0 heterocycles. The van der Waals surface area contributed by atoms with Gasteiger partial charge in [-0.05, 0) is 0 Å². The van der Waals surface area contributed by atoms with Gasteiger partial charge in [0.05, 0.1) is 21.1 Å². The van der Waals surface area contributed by atoms with Crippen LogP contribution in [0.1, 0.15) is 0 Å². The molecule has 40 valence electrons. The second-order valence-electron chi connectivity index (χ2n) is 1.85. The van der Waals surface area contributed by atoms with E-state index in [0.29, 0.717) is 4.00 Å². The molecule has 1 nitrogen and oxygen atoms in total. The maximum absolute atomic E-state index is 5.47. The molecular formula is C3H13ClNSn+. The summed E-state index contributed by atoms with van der Waals surface area (Å²) in [4.78, 5) is 0. The standard InChI is InChI=1S/C3H9ClN.Sn.4H/c1-5(2,3)4;;;;;/h1-3H3;;;;;/q+1;;;;;. The predicted molar refractivity (Wildman–Crippen MR) is 35.2 cm³/mol. The molecule has 0 unspecified atom stereocenters. The van der Waals surface area contributed by atoms with Crippen molar-refractivity contribution >= 4 is 35.7 Å². The van der Waals surface area contributed by atoms with Crippen molar-refractivity contribution in [1.82, 2.24) is 0 Å². The topological polar surface area (TPSA) is 0 Å². The van der Waals surface area contributed by atoms with Gasteiger partial charge in [0.2, 0.25) is 0 Å². The molecule has 0 aliphatic rings. The molecular weight excluding hydrogens is 204 g/mol. The molecule has 0 aromatic rings. The molecule has 3 heteroatoms. The molecule has 0 aliphatic heterocycles. The van der Waals surface area contributed by atoms with Gasteiger partial charge in [0.15, 0.2) is 11.8 Å². The average molecular weight is 217 g/mol. The predicted octanol–water partition coefficient (Wildman–Crippen LogP) is -0.605. The molecule has 6 heavy (non-hydrogen) atoms. The first-order valence-electron chi connectivity index (χ1n) is 1.51. The first-order chi connectivity index (χ1) is 2.00. The van der Waals surface area contributed by atoms with E-state index >= 15 is 0 Å². The fourth-order valence-electron chi connectivity index (χ4n) is 0. The molecule has 0 saturated heterocycles. The summed E-state index contributed by atoms with van der Waals surface area (Å²) < 4.78 is 0.472. The van der Waals surface area contributed by atoms with Crippen LogP contribution in [0.15, 0.2) is 0 Å².